The Morgan fingerprint density at radius 1 is 0.430 bits per heavy atom. The van der Waals surface area contributed by atoms with Crippen molar-refractivity contribution in [2.45, 2.75) is 263 Å². The zero-order chi connectivity index (χ0) is 61.8. The van der Waals surface area contributed by atoms with Gasteiger partial charge in [-0.25, -0.2) is 0 Å². The fraction of sp³-hybridized carbons (Fsp3) is 1.00. The number of aliphatic hydroxyl groups excluding tert-OH is 17. The summed E-state index contributed by atoms with van der Waals surface area (Å²) in [6.45, 7) is 5.28. The third-order valence-electron chi connectivity index (χ3n) is 22.5. The molecular formula is C57H94O29. The molecule has 0 aromatic carbocycles. The molecule has 0 amide bonds. The van der Waals surface area contributed by atoms with E-state index in [0.717, 1.165) is 44.9 Å². The normalized spacial score (nSPS) is 57.5. The first-order valence-corrected chi connectivity index (χ1v) is 30.9. The van der Waals surface area contributed by atoms with Gasteiger partial charge in [0, 0.05) is 12.3 Å². The van der Waals surface area contributed by atoms with Crippen LogP contribution in [0, 0.1) is 52.3 Å². The second kappa shape index (κ2) is 26.0. The lowest BCUT2D eigenvalue weighted by Gasteiger charge is -2.62. The van der Waals surface area contributed by atoms with Crippen LogP contribution in [-0.4, -0.2) is 304 Å². The van der Waals surface area contributed by atoms with Gasteiger partial charge in [-0.3, -0.25) is 0 Å². The van der Waals surface area contributed by atoms with Crippen molar-refractivity contribution in [1.82, 2.24) is 0 Å². The maximum Gasteiger partial charge on any atom is 0.187 e. The Hall–Kier alpha value is -1.16. The lowest BCUT2D eigenvalue weighted by molar-refractivity contribution is -0.411. The van der Waals surface area contributed by atoms with Crippen molar-refractivity contribution in [3.05, 3.63) is 0 Å². The van der Waals surface area contributed by atoms with Gasteiger partial charge in [-0.1, -0.05) is 27.7 Å². The van der Waals surface area contributed by atoms with Crippen LogP contribution >= 0.6 is 0 Å². The summed E-state index contributed by atoms with van der Waals surface area (Å²) in [7, 11) is 0. The van der Waals surface area contributed by atoms with Crippen LogP contribution in [0.3, 0.4) is 0 Å². The van der Waals surface area contributed by atoms with Crippen LogP contribution in [0.5, 0.6) is 0 Å². The summed E-state index contributed by atoms with van der Waals surface area (Å²) < 4.78 is 73.1. The minimum absolute atomic E-state index is 0.0937. The highest BCUT2D eigenvalue weighted by Crippen LogP contribution is 2.71. The van der Waals surface area contributed by atoms with Gasteiger partial charge in [0.2, 0.25) is 0 Å². The Morgan fingerprint density at radius 3 is 1.51 bits per heavy atom. The highest BCUT2D eigenvalue weighted by molar-refractivity contribution is 5.16. The van der Waals surface area contributed by atoms with Gasteiger partial charge in [0.25, 0.3) is 0 Å². The van der Waals surface area contributed by atoms with Crippen molar-refractivity contribution in [3.63, 3.8) is 0 Å². The summed E-state index contributed by atoms with van der Waals surface area (Å²) in [4.78, 5) is 0. The monoisotopic (exact) mass is 1240 g/mol. The molecule has 7 aliphatic heterocycles. The predicted octanol–water partition coefficient (Wildman–Crippen LogP) is -6.11. The molecule has 1 spiro atoms. The highest BCUT2D eigenvalue weighted by Gasteiger charge is 2.70. The molecule has 7 saturated heterocycles. The van der Waals surface area contributed by atoms with Gasteiger partial charge in [0.15, 0.2) is 37.2 Å². The van der Waals surface area contributed by atoms with Crippen LogP contribution in [0.4, 0.5) is 0 Å². The Kier molecular flexibility index (Phi) is 20.0. The van der Waals surface area contributed by atoms with E-state index >= 15 is 0 Å². The van der Waals surface area contributed by atoms with Crippen molar-refractivity contribution >= 4 is 0 Å². The van der Waals surface area contributed by atoms with E-state index in [9.17, 15) is 86.8 Å². The van der Waals surface area contributed by atoms with E-state index in [1.54, 1.807) is 0 Å². The summed E-state index contributed by atoms with van der Waals surface area (Å²) >= 11 is 0. The summed E-state index contributed by atoms with van der Waals surface area (Å²) in [5.74, 6) is 2.05. The molecule has 7 heterocycles. The van der Waals surface area contributed by atoms with Crippen LogP contribution in [0.15, 0.2) is 0 Å². The lowest BCUT2D eigenvalue weighted by Crippen LogP contribution is -2.69. The van der Waals surface area contributed by atoms with Crippen molar-refractivity contribution < 1.29 is 144 Å². The third kappa shape index (κ3) is 11.5. The zero-order valence-corrected chi connectivity index (χ0v) is 48.8. The fourth-order valence-electron chi connectivity index (χ4n) is 17.7. The first kappa shape index (κ1) is 66.3. The first-order chi connectivity index (χ1) is 40.9. The standard InChI is InChI=1S/C57H94O29/c1-20-7-10-57(75-19-20)21(2)34-28(86-57)12-25-23-6-5-22-11-27(26(63)13-56(22,4)24(23)8-9-55(25,34)3)76-50-44(73)41(70)46(33(18-62)81-50)82-54-49(85-52-43(72)40(69)36(65)30(15-59)78-52)48(38(67)32(17-61)80-54)84-53-45(74)47(37(66)31(16-60)79-53)83-51-42(71)39(68)35(64)29(14-58)77-51/h20-54,58-74H,5-19H2,1-4H3/t20-,21+,22+,23-,24+,25+,26-,27-,28+,29-,30-,31-,32-,33-,34+,35+,36+,37-,38-,39+,40+,41-,42-,43-,44-,45-,46-,47+,48+,49-,50-,51+,52+,53+,54+,55+,56+,57-/m1/s1. The molecule has 0 radical (unpaired) electrons. The molecule has 38 atom stereocenters. The van der Waals surface area contributed by atoms with E-state index in [1.807, 2.05) is 0 Å². The third-order valence-corrected chi connectivity index (χ3v) is 22.5. The maximum atomic E-state index is 12.1. The largest absolute Gasteiger partial charge is 0.394 e. The van der Waals surface area contributed by atoms with E-state index < -0.39 is 205 Å². The molecule has 4 aliphatic carbocycles. The smallest absolute Gasteiger partial charge is 0.187 e. The van der Waals surface area contributed by atoms with Crippen LogP contribution in [0.25, 0.3) is 0 Å². The molecule has 0 aromatic heterocycles. The molecule has 0 unspecified atom stereocenters. The van der Waals surface area contributed by atoms with E-state index in [1.165, 1.54) is 0 Å². The van der Waals surface area contributed by atoms with Crippen molar-refractivity contribution in [2.24, 2.45) is 52.3 Å². The van der Waals surface area contributed by atoms with E-state index in [2.05, 4.69) is 27.7 Å². The molecule has 86 heavy (non-hydrogen) atoms. The van der Waals surface area contributed by atoms with Crippen LogP contribution in [0.2, 0.25) is 0 Å². The molecule has 0 aromatic rings. The van der Waals surface area contributed by atoms with Crippen molar-refractivity contribution in [1.29, 1.82) is 0 Å². The quantitative estimate of drug-likeness (QED) is 0.0679. The lowest BCUT2D eigenvalue weighted by atomic mass is 9.44. The second-order valence-corrected chi connectivity index (χ2v) is 27.3. The van der Waals surface area contributed by atoms with Gasteiger partial charge in [0.1, 0.15) is 122 Å². The SMILES string of the molecule is C[C@@H]1CC[C@@]2(OC1)O[C@H]1C[C@H]3[C@@H]4CC[C@H]5C[C@@H](O[C@@H]6O[C@H](CO)[C@@H](O[C@@H]7O[C@H](CO)[C@@H](O)[C@H](O[C@@H]8O[C@H](CO)[C@@H](O)[C@H](O[C@@H]9O[C@H](CO)[C@H](O)[C@H](O)[C@H]9O)[C@H]8O)[C@H]7O[C@@H]7O[C@H](CO)[C@H](O)[C@H](O)[C@H]7O)[C@H](O)[C@H]6O)[C@H](O)C[C@]5(C)[C@H]4CC[C@]3(C)[C@H]1[C@@H]2C. The van der Waals surface area contributed by atoms with Crippen LogP contribution in [-0.2, 0) is 56.8 Å². The van der Waals surface area contributed by atoms with E-state index in [4.69, 9.17) is 56.8 Å². The maximum absolute atomic E-state index is 12.1. The van der Waals surface area contributed by atoms with Crippen LogP contribution in [0.1, 0.15) is 85.5 Å². The number of fused-ring (bicyclic) bond motifs is 7. The van der Waals surface area contributed by atoms with Crippen LogP contribution < -0.4 is 0 Å². The fourth-order valence-corrected chi connectivity index (χ4v) is 17.7. The number of aliphatic hydroxyl groups is 17. The minimum Gasteiger partial charge on any atom is -0.394 e. The second-order valence-electron chi connectivity index (χ2n) is 27.3. The Bertz CT molecular complexity index is 2230. The highest BCUT2D eigenvalue weighted by atomic mass is 16.8. The van der Waals surface area contributed by atoms with E-state index in [-0.39, 0.29) is 28.8 Å². The van der Waals surface area contributed by atoms with Gasteiger partial charge < -0.3 is 144 Å². The topological polar surface area (TPSA) is 455 Å². The molecule has 29 heteroatoms. The Labute approximate surface area is 497 Å². The molecular weight excluding hydrogens is 1150 g/mol. The summed E-state index contributed by atoms with van der Waals surface area (Å²) in [6.07, 6.45) is -42.1. The first-order valence-electron chi connectivity index (χ1n) is 30.9. The Balaban J connectivity index is 0.794. The minimum atomic E-state index is -2.22. The summed E-state index contributed by atoms with van der Waals surface area (Å²) in [6, 6.07) is 0. The molecule has 11 fully saturated rings. The molecule has 29 nitrogen and oxygen atoms in total. The number of ether oxygens (including phenoxy) is 12. The van der Waals surface area contributed by atoms with Gasteiger partial charge in [0.05, 0.1) is 58.0 Å². The molecule has 4 saturated carbocycles. The summed E-state index contributed by atoms with van der Waals surface area (Å²) in [5.41, 5.74) is -0.144. The van der Waals surface area contributed by atoms with Crippen molar-refractivity contribution in [2.75, 3.05) is 39.6 Å². The van der Waals surface area contributed by atoms with Crippen molar-refractivity contribution in [3.8, 4) is 0 Å². The van der Waals surface area contributed by atoms with Gasteiger partial charge >= 0.3 is 0 Å². The number of hydrogen-bond donors (Lipinski definition) is 17. The van der Waals surface area contributed by atoms with Gasteiger partial charge in [-0.15, -0.1) is 0 Å². The average Bonchev–Trinajstić information content (AvgIpc) is 1.49. The Morgan fingerprint density at radius 2 is 0.930 bits per heavy atom. The number of rotatable bonds is 15. The zero-order valence-electron chi connectivity index (χ0n) is 48.8. The molecule has 11 rings (SSSR count). The summed E-state index contributed by atoms with van der Waals surface area (Å²) in [5, 5.41) is 187. The molecule has 17 N–H and O–H groups in total. The van der Waals surface area contributed by atoms with E-state index in [0.29, 0.717) is 49.0 Å². The molecule has 496 valence electrons. The molecule has 0 bridgehead atoms. The average molecular weight is 1240 g/mol. The predicted molar refractivity (Wildman–Crippen MR) is 282 cm³/mol. The van der Waals surface area contributed by atoms with Gasteiger partial charge in [-0.05, 0) is 97.7 Å². The van der Waals surface area contributed by atoms with Gasteiger partial charge in [-0.2, -0.15) is 0 Å². The number of hydrogen-bond acceptors (Lipinski definition) is 29. The molecule has 11 aliphatic rings.